The second-order valence-corrected chi connectivity index (χ2v) is 6.91. The Bertz CT molecular complexity index is 412. The lowest BCUT2D eigenvalue weighted by Gasteiger charge is -2.21. The van der Waals surface area contributed by atoms with Crippen LogP contribution >= 0.6 is 11.3 Å². The van der Waals surface area contributed by atoms with Gasteiger partial charge in [0.15, 0.2) is 0 Å². The summed E-state index contributed by atoms with van der Waals surface area (Å²) >= 11 is 1.96. The zero-order valence-corrected chi connectivity index (χ0v) is 12.6. The fourth-order valence-corrected chi connectivity index (χ4v) is 4.46. The van der Waals surface area contributed by atoms with E-state index in [1.54, 1.807) is 4.88 Å². The summed E-state index contributed by atoms with van der Waals surface area (Å²) in [5.41, 5.74) is 1.41. The van der Waals surface area contributed by atoms with Gasteiger partial charge in [-0.15, -0.1) is 11.3 Å². The summed E-state index contributed by atoms with van der Waals surface area (Å²) in [6, 6.07) is 0. The highest BCUT2D eigenvalue weighted by molar-refractivity contribution is 7.11. The first-order valence-corrected chi connectivity index (χ1v) is 8.45. The zero-order chi connectivity index (χ0) is 13.1. The molecule has 1 N–H and O–H groups in total. The van der Waals surface area contributed by atoms with Crippen LogP contribution in [0.15, 0.2) is 0 Å². The van der Waals surface area contributed by atoms with Gasteiger partial charge < -0.3 is 10.1 Å². The summed E-state index contributed by atoms with van der Waals surface area (Å²) in [4.78, 5) is 6.53. The molecule has 1 fully saturated rings. The normalized spacial score (nSPS) is 26.6. The summed E-state index contributed by atoms with van der Waals surface area (Å²) in [7, 11) is 0. The number of nitrogens with zero attached hydrogens (tertiary/aromatic N) is 1. The third-order valence-corrected chi connectivity index (χ3v) is 5.40. The Morgan fingerprint density at radius 1 is 1.42 bits per heavy atom. The van der Waals surface area contributed by atoms with Crippen molar-refractivity contribution in [1.82, 2.24) is 10.3 Å². The standard InChI is InChI=1S/C15H24N2OS/c1-2-16-9-12-4-3-5-13-15(12)17-14(19-13)8-11-6-7-18-10-11/h11-12,16H,2-10H2,1H3. The van der Waals surface area contributed by atoms with Gasteiger partial charge in [-0.2, -0.15) is 0 Å². The van der Waals surface area contributed by atoms with Gasteiger partial charge in [-0.05, 0) is 38.1 Å². The van der Waals surface area contributed by atoms with Crippen molar-refractivity contribution in [2.75, 3.05) is 26.3 Å². The van der Waals surface area contributed by atoms with Crippen LogP contribution in [-0.2, 0) is 17.6 Å². The number of aromatic nitrogens is 1. The van der Waals surface area contributed by atoms with E-state index in [2.05, 4.69) is 12.2 Å². The summed E-state index contributed by atoms with van der Waals surface area (Å²) in [6.07, 6.45) is 6.22. The highest BCUT2D eigenvalue weighted by Gasteiger charge is 2.25. The first kappa shape index (κ1) is 13.5. The third-order valence-electron chi connectivity index (χ3n) is 4.24. The van der Waals surface area contributed by atoms with Crippen molar-refractivity contribution in [3.05, 3.63) is 15.6 Å². The van der Waals surface area contributed by atoms with Crippen LogP contribution in [-0.4, -0.2) is 31.3 Å². The second-order valence-electron chi connectivity index (χ2n) is 5.75. The fourth-order valence-electron chi connectivity index (χ4n) is 3.15. The molecule has 0 radical (unpaired) electrons. The van der Waals surface area contributed by atoms with Crippen LogP contribution in [0.1, 0.15) is 47.7 Å². The van der Waals surface area contributed by atoms with Gasteiger partial charge in [0.25, 0.3) is 0 Å². The lowest BCUT2D eigenvalue weighted by molar-refractivity contribution is 0.186. The molecule has 2 unspecified atom stereocenters. The molecular formula is C15H24N2OS. The number of hydrogen-bond donors (Lipinski definition) is 1. The number of ether oxygens (including phenoxy) is 1. The largest absolute Gasteiger partial charge is 0.381 e. The second kappa shape index (κ2) is 6.33. The molecule has 3 nitrogen and oxygen atoms in total. The Hall–Kier alpha value is -0.450. The predicted octanol–water partition coefficient (Wildman–Crippen LogP) is 2.75. The van der Waals surface area contributed by atoms with E-state index in [4.69, 9.17) is 9.72 Å². The summed E-state index contributed by atoms with van der Waals surface area (Å²) in [5, 5.41) is 4.84. The Kier molecular flexibility index (Phi) is 4.51. The minimum Gasteiger partial charge on any atom is -0.381 e. The van der Waals surface area contributed by atoms with Crippen molar-refractivity contribution in [1.29, 1.82) is 0 Å². The Morgan fingerprint density at radius 3 is 3.16 bits per heavy atom. The van der Waals surface area contributed by atoms with Crippen molar-refractivity contribution in [2.45, 2.75) is 44.9 Å². The van der Waals surface area contributed by atoms with Crippen LogP contribution in [0.3, 0.4) is 0 Å². The van der Waals surface area contributed by atoms with Gasteiger partial charge in [0.2, 0.25) is 0 Å². The van der Waals surface area contributed by atoms with Crippen LogP contribution in [0.5, 0.6) is 0 Å². The van der Waals surface area contributed by atoms with E-state index in [1.165, 1.54) is 36.4 Å². The molecule has 19 heavy (non-hydrogen) atoms. The lowest BCUT2D eigenvalue weighted by atomic mass is 9.91. The first-order chi connectivity index (χ1) is 9.36. The summed E-state index contributed by atoms with van der Waals surface area (Å²) in [6.45, 7) is 6.21. The SMILES string of the molecule is CCNCC1CCCc2sc(CC3CCOC3)nc21. The zero-order valence-electron chi connectivity index (χ0n) is 11.8. The monoisotopic (exact) mass is 280 g/mol. The van der Waals surface area contributed by atoms with E-state index in [1.807, 2.05) is 11.3 Å². The van der Waals surface area contributed by atoms with Crippen LogP contribution in [0, 0.1) is 5.92 Å². The van der Waals surface area contributed by atoms with Crippen molar-refractivity contribution in [3.8, 4) is 0 Å². The summed E-state index contributed by atoms with van der Waals surface area (Å²) < 4.78 is 5.47. The topological polar surface area (TPSA) is 34.1 Å². The Morgan fingerprint density at radius 2 is 2.37 bits per heavy atom. The van der Waals surface area contributed by atoms with Gasteiger partial charge in [-0.25, -0.2) is 4.98 Å². The Balaban J connectivity index is 1.69. The maximum absolute atomic E-state index is 5.47. The van der Waals surface area contributed by atoms with Gasteiger partial charge >= 0.3 is 0 Å². The van der Waals surface area contributed by atoms with E-state index >= 15 is 0 Å². The molecule has 2 atom stereocenters. The van der Waals surface area contributed by atoms with E-state index in [0.29, 0.717) is 11.8 Å². The molecule has 0 bridgehead atoms. The maximum atomic E-state index is 5.47. The van der Waals surface area contributed by atoms with Gasteiger partial charge in [0, 0.05) is 37.0 Å². The van der Waals surface area contributed by atoms with Crippen molar-refractivity contribution in [2.24, 2.45) is 5.92 Å². The molecule has 1 saturated heterocycles. The third kappa shape index (κ3) is 3.18. The number of aryl methyl sites for hydroxylation is 1. The lowest BCUT2D eigenvalue weighted by Crippen LogP contribution is -2.24. The average molecular weight is 280 g/mol. The van der Waals surface area contributed by atoms with Crippen LogP contribution in [0.4, 0.5) is 0 Å². The molecule has 4 heteroatoms. The number of nitrogens with one attached hydrogen (secondary N) is 1. The molecule has 3 rings (SSSR count). The van der Waals surface area contributed by atoms with Crippen LogP contribution in [0.25, 0.3) is 0 Å². The van der Waals surface area contributed by atoms with Gasteiger partial charge in [-0.1, -0.05) is 6.92 Å². The van der Waals surface area contributed by atoms with Gasteiger partial charge in [0.1, 0.15) is 0 Å². The van der Waals surface area contributed by atoms with E-state index in [0.717, 1.165) is 32.7 Å². The molecule has 0 amide bonds. The molecule has 106 valence electrons. The van der Waals surface area contributed by atoms with Crippen molar-refractivity contribution < 1.29 is 4.74 Å². The van der Waals surface area contributed by atoms with Crippen molar-refractivity contribution in [3.63, 3.8) is 0 Å². The van der Waals surface area contributed by atoms with E-state index in [9.17, 15) is 0 Å². The molecule has 1 aromatic heterocycles. The molecule has 0 saturated carbocycles. The molecule has 2 heterocycles. The fraction of sp³-hybridized carbons (Fsp3) is 0.800. The van der Waals surface area contributed by atoms with E-state index in [-0.39, 0.29) is 0 Å². The number of hydrogen-bond acceptors (Lipinski definition) is 4. The molecule has 1 aliphatic carbocycles. The molecule has 1 aliphatic heterocycles. The van der Waals surface area contributed by atoms with E-state index < -0.39 is 0 Å². The molecule has 0 aromatic carbocycles. The number of thiazole rings is 1. The van der Waals surface area contributed by atoms with Crippen molar-refractivity contribution >= 4 is 11.3 Å². The number of rotatable bonds is 5. The smallest absolute Gasteiger partial charge is 0.0934 e. The predicted molar refractivity (Wildman–Crippen MR) is 79.0 cm³/mol. The number of likely N-dealkylation sites (N-methyl/N-ethyl adjacent to an activating group) is 1. The minimum absolute atomic E-state index is 0.647. The molecular weight excluding hydrogens is 256 g/mol. The highest BCUT2D eigenvalue weighted by Crippen LogP contribution is 2.35. The first-order valence-electron chi connectivity index (χ1n) is 7.63. The summed E-state index contributed by atoms with van der Waals surface area (Å²) in [5.74, 6) is 1.35. The van der Waals surface area contributed by atoms with Gasteiger partial charge in [-0.3, -0.25) is 0 Å². The highest BCUT2D eigenvalue weighted by atomic mass is 32.1. The number of fused-ring (bicyclic) bond motifs is 1. The Labute approximate surface area is 119 Å². The maximum Gasteiger partial charge on any atom is 0.0934 e. The molecule has 0 spiro atoms. The molecule has 1 aromatic rings. The molecule has 2 aliphatic rings. The minimum atomic E-state index is 0.647. The van der Waals surface area contributed by atoms with Crippen LogP contribution < -0.4 is 5.32 Å². The van der Waals surface area contributed by atoms with Gasteiger partial charge in [0.05, 0.1) is 10.7 Å². The average Bonchev–Trinajstić information content (AvgIpc) is 3.05. The quantitative estimate of drug-likeness (QED) is 0.900. The van der Waals surface area contributed by atoms with Crippen LogP contribution in [0.2, 0.25) is 0 Å².